The predicted molar refractivity (Wildman–Crippen MR) is 53.3 cm³/mol. The van der Waals surface area contributed by atoms with E-state index in [-0.39, 0.29) is 17.2 Å². The van der Waals surface area contributed by atoms with Crippen LogP contribution in [0.1, 0.15) is 27.2 Å². The fourth-order valence-corrected chi connectivity index (χ4v) is 1.44. The van der Waals surface area contributed by atoms with Crippen LogP contribution < -0.4 is 5.32 Å². The van der Waals surface area contributed by atoms with E-state index in [0.717, 1.165) is 13.0 Å². The van der Waals surface area contributed by atoms with Crippen LogP contribution in [0.2, 0.25) is 0 Å². The van der Waals surface area contributed by atoms with Crippen LogP contribution in [-0.2, 0) is 4.79 Å². The van der Waals surface area contributed by atoms with Gasteiger partial charge in [-0.1, -0.05) is 36.7 Å². The first-order valence-electron chi connectivity index (χ1n) is 4.35. The normalized spacial score (nSPS) is 27.8. The van der Waals surface area contributed by atoms with Crippen LogP contribution in [0.3, 0.4) is 0 Å². The van der Waals surface area contributed by atoms with Gasteiger partial charge in [0.15, 0.2) is 0 Å². The fourth-order valence-electron chi connectivity index (χ4n) is 1.28. The van der Waals surface area contributed by atoms with Crippen LogP contribution in [0.15, 0.2) is 0 Å². The molecule has 0 aromatic heterocycles. The Labute approximate surface area is 82.2 Å². The van der Waals surface area contributed by atoms with Gasteiger partial charge >= 0.3 is 0 Å². The van der Waals surface area contributed by atoms with Crippen molar-refractivity contribution in [2.24, 2.45) is 11.3 Å². The van der Waals surface area contributed by atoms with Gasteiger partial charge in [-0.25, -0.2) is 0 Å². The number of carbonyl (C=O) groups excluding carboxylic acids is 1. The average Bonchev–Trinajstić information content (AvgIpc) is 2.55. The molecule has 0 radical (unpaired) electrons. The van der Waals surface area contributed by atoms with Gasteiger partial charge in [0.05, 0.1) is 0 Å². The number of amides is 1. The first-order valence-corrected chi connectivity index (χ1v) is 5.27. The zero-order valence-electron chi connectivity index (χ0n) is 7.86. The molecule has 0 aromatic rings. The lowest BCUT2D eigenvalue weighted by Crippen LogP contribution is -2.30. The third-order valence-electron chi connectivity index (χ3n) is 2.39. The zero-order chi connectivity index (χ0) is 9.35. The molecule has 1 fully saturated rings. The van der Waals surface area contributed by atoms with Crippen LogP contribution in [-0.4, -0.2) is 17.3 Å². The summed E-state index contributed by atoms with van der Waals surface area (Å²) in [4.78, 5) is 11.8. The zero-order valence-corrected chi connectivity index (χ0v) is 9.44. The molecule has 12 heavy (non-hydrogen) atoms. The summed E-state index contributed by atoms with van der Waals surface area (Å²) in [5, 5.41) is 2.91. The minimum atomic E-state index is 0.214. The average molecular weight is 234 g/mol. The molecule has 1 saturated carbocycles. The van der Waals surface area contributed by atoms with Crippen molar-refractivity contribution < 1.29 is 4.79 Å². The van der Waals surface area contributed by atoms with Crippen molar-refractivity contribution in [1.82, 2.24) is 5.32 Å². The molecule has 1 amide bonds. The van der Waals surface area contributed by atoms with E-state index < -0.39 is 0 Å². The predicted octanol–water partition coefficient (Wildman–Crippen LogP) is 1.93. The number of hydrogen-bond donors (Lipinski definition) is 1. The van der Waals surface area contributed by atoms with Crippen molar-refractivity contribution in [1.29, 1.82) is 0 Å². The maximum Gasteiger partial charge on any atom is 0.223 e. The van der Waals surface area contributed by atoms with Gasteiger partial charge in [0, 0.05) is 17.3 Å². The highest BCUT2D eigenvalue weighted by Gasteiger charge is 2.50. The molecule has 0 aliphatic heterocycles. The van der Waals surface area contributed by atoms with Crippen LogP contribution >= 0.6 is 15.9 Å². The third-order valence-corrected chi connectivity index (χ3v) is 2.71. The topological polar surface area (TPSA) is 29.1 Å². The molecular weight excluding hydrogens is 218 g/mol. The van der Waals surface area contributed by atoms with Gasteiger partial charge < -0.3 is 5.32 Å². The van der Waals surface area contributed by atoms with Gasteiger partial charge in [-0.15, -0.1) is 0 Å². The maximum atomic E-state index is 11.4. The second kappa shape index (κ2) is 3.36. The molecule has 1 rings (SSSR count). The van der Waals surface area contributed by atoms with Crippen molar-refractivity contribution in [2.45, 2.75) is 32.0 Å². The fraction of sp³-hybridized carbons (Fsp3) is 0.889. The summed E-state index contributed by atoms with van der Waals surface area (Å²) in [6.45, 7) is 7.02. The molecule has 1 N–H and O–H groups in total. The lowest BCUT2D eigenvalue weighted by atomic mass is 10.1. The highest BCUT2D eigenvalue weighted by atomic mass is 79.9. The number of rotatable bonds is 3. The van der Waals surface area contributed by atoms with E-state index in [1.807, 2.05) is 6.92 Å². The molecule has 0 heterocycles. The third kappa shape index (κ3) is 2.47. The molecule has 0 saturated heterocycles. The van der Waals surface area contributed by atoms with Gasteiger partial charge in [-0.2, -0.15) is 0 Å². The Bertz CT molecular complexity index is 189. The second-order valence-electron chi connectivity index (χ2n) is 4.27. The van der Waals surface area contributed by atoms with E-state index in [1.165, 1.54) is 0 Å². The highest BCUT2D eigenvalue weighted by molar-refractivity contribution is 9.09. The van der Waals surface area contributed by atoms with Gasteiger partial charge in [-0.05, 0) is 11.8 Å². The molecule has 2 atom stereocenters. The van der Waals surface area contributed by atoms with E-state index >= 15 is 0 Å². The Morgan fingerprint density at radius 3 is 2.58 bits per heavy atom. The Balaban J connectivity index is 2.23. The number of hydrogen-bond acceptors (Lipinski definition) is 1. The Hall–Kier alpha value is -0.0500. The number of alkyl halides is 1. The molecule has 0 aromatic carbocycles. The van der Waals surface area contributed by atoms with Crippen molar-refractivity contribution in [3.63, 3.8) is 0 Å². The standard InChI is InChI=1S/C9H16BrNO/c1-6(10)5-11-8(12)7-4-9(7,2)3/h6-7H,4-5H2,1-3H3,(H,11,12). The molecule has 1 aliphatic carbocycles. The van der Waals surface area contributed by atoms with E-state index in [9.17, 15) is 4.79 Å². The number of halogens is 1. The van der Waals surface area contributed by atoms with Crippen LogP contribution in [0.4, 0.5) is 0 Å². The van der Waals surface area contributed by atoms with Gasteiger partial charge in [0.1, 0.15) is 0 Å². The van der Waals surface area contributed by atoms with E-state index in [2.05, 4.69) is 35.1 Å². The first kappa shape index (κ1) is 10.0. The molecule has 70 valence electrons. The van der Waals surface area contributed by atoms with Crippen LogP contribution in [0.5, 0.6) is 0 Å². The van der Waals surface area contributed by atoms with Crippen LogP contribution in [0.25, 0.3) is 0 Å². The summed E-state index contributed by atoms with van der Waals surface area (Å²) in [5.74, 6) is 0.468. The molecule has 0 bridgehead atoms. The summed E-state index contributed by atoms with van der Waals surface area (Å²) in [6, 6.07) is 0. The Morgan fingerprint density at radius 2 is 2.25 bits per heavy atom. The monoisotopic (exact) mass is 233 g/mol. The summed E-state index contributed by atoms with van der Waals surface area (Å²) in [7, 11) is 0. The quantitative estimate of drug-likeness (QED) is 0.743. The smallest absolute Gasteiger partial charge is 0.223 e. The van der Waals surface area contributed by atoms with Crippen molar-refractivity contribution in [2.75, 3.05) is 6.54 Å². The number of carbonyl (C=O) groups is 1. The van der Waals surface area contributed by atoms with Crippen LogP contribution in [0, 0.1) is 11.3 Å². The van der Waals surface area contributed by atoms with Crippen molar-refractivity contribution in [3.05, 3.63) is 0 Å². The van der Waals surface area contributed by atoms with E-state index in [4.69, 9.17) is 0 Å². The van der Waals surface area contributed by atoms with Crippen molar-refractivity contribution in [3.8, 4) is 0 Å². The van der Waals surface area contributed by atoms with Crippen molar-refractivity contribution >= 4 is 21.8 Å². The van der Waals surface area contributed by atoms with E-state index in [0.29, 0.717) is 4.83 Å². The van der Waals surface area contributed by atoms with Gasteiger partial charge in [0.2, 0.25) is 5.91 Å². The molecule has 3 heteroatoms. The lowest BCUT2D eigenvalue weighted by Gasteiger charge is -2.07. The second-order valence-corrected chi connectivity index (χ2v) is 5.83. The van der Waals surface area contributed by atoms with Gasteiger partial charge in [0.25, 0.3) is 0 Å². The molecule has 0 spiro atoms. The minimum absolute atomic E-state index is 0.214. The first-order chi connectivity index (χ1) is 5.43. The minimum Gasteiger partial charge on any atom is -0.355 e. The molecular formula is C9H16BrNO. The lowest BCUT2D eigenvalue weighted by molar-refractivity contribution is -0.122. The summed E-state index contributed by atoms with van der Waals surface area (Å²) < 4.78 is 0. The molecule has 1 aliphatic rings. The summed E-state index contributed by atoms with van der Waals surface area (Å²) in [6.07, 6.45) is 1.04. The summed E-state index contributed by atoms with van der Waals surface area (Å²) in [5.41, 5.74) is 0.250. The highest BCUT2D eigenvalue weighted by Crippen LogP contribution is 2.51. The number of nitrogens with one attached hydrogen (secondary N) is 1. The summed E-state index contributed by atoms with van der Waals surface area (Å²) >= 11 is 3.39. The Morgan fingerprint density at radius 1 is 1.75 bits per heavy atom. The SMILES string of the molecule is CC(Br)CNC(=O)C1CC1(C)C. The van der Waals surface area contributed by atoms with Gasteiger partial charge in [-0.3, -0.25) is 4.79 Å². The Kier molecular flexibility index (Phi) is 2.81. The largest absolute Gasteiger partial charge is 0.355 e. The molecule has 2 unspecified atom stereocenters. The molecule has 2 nitrogen and oxygen atoms in total. The maximum absolute atomic E-state index is 11.4. The van der Waals surface area contributed by atoms with E-state index in [1.54, 1.807) is 0 Å².